The van der Waals surface area contributed by atoms with E-state index in [2.05, 4.69) is 26.1 Å². The van der Waals surface area contributed by atoms with Crippen LogP contribution >= 0.6 is 11.3 Å². The summed E-state index contributed by atoms with van der Waals surface area (Å²) >= 11 is 1.24. The third-order valence-corrected chi connectivity index (χ3v) is 5.91. The van der Waals surface area contributed by atoms with Gasteiger partial charge in [-0.05, 0) is 48.4 Å². The van der Waals surface area contributed by atoms with Gasteiger partial charge in [0.25, 0.3) is 0 Å². The number of hydrogen-bond donors (Lipinski definition) is 3. The van der Waals surface area contributed by atoms with Gasteiger partial charge in [0, 0.05) is 11.3 Å². The van der Waals surface area contributed by atoms with Crippen LogP contribution in [-0.2, 0) is 4.79 Å². The number of amides is 3. The summed E-state index contributed by atoms with van der Waals surface area (Å²) < 4.78 is 5.16. The Bertz CT molecular complexity index is 1160. The van der Waals surface area contributed by atoms with E-state index in [0.29, 0.717) is 27.8 Å². The van der Waals surface area contributed by atoms with Gasteiger partial charge in [-0.1, -0.05) is 37.7 Å². The Kier molecular flexibility index (Phi) is 7.94. The van der Waals surface area contributed by atoms with Crippen LogP contribution in [0.4, 0.5) is 15.6 Å². The van der Waals surface area contributed by atoms with Crippen LogP contribution in [0.5, 0.6) is 5.75 Å². The normalized spacial score (nSPS) is 12.2. The van der Waals surface area contributed by atoms with Gasteiger partial charge in [0.05, 0.1) is 18.7 Å². The van der Waals surface area contributed by atoms with Crippen molar-refractivity contribution < 1.29 is 14.3 Å². The summed E-state index contributed by atoms with van der Waals surface area (Å²) in [4.78, 5) is 25.5. The van der Waals surface area contributed by atoms with Crippen molar-refractivity contribution in [3.8, 4) is 22.4 Å². The van der Waals surface area contributed by atoms with Gasteiger partial charge < -0.3 is 15.4 Å². The number of nitrogens with zero attached hydrogens (tertiary/aromatic N) is 3. The van der Waals surface area contributed by atoms with Gasteiger partial charge in [0.15, 0.2) is 0 Å². The molecule has 2 atom stereocenters. The standard InChI is InChI=1S/C23H24N6O3S/c1-4-14(2)19(26-22(31)25-17-7-5-6-15(12-17)13-24)20(30)27-23-29-28-21(33-23)16-8-10-18(32-3)11-9-16/h5-12,14,19H,4H2,1-3H3,(H2,25,26,31)(H,27,29,30)/t14-,19+/m0/s1. The highest BCUT2D eigenvalue weighted by Crippen LogP contribution is 2.28. The number of anilines is 2. The molecule has 1 heterocycles. The van der Waals surface area contributed by atoms with Crippen LogP contribution in [-0.4, -0.2) is 35.3 Å². The van der Waals surface area contributed by atoms with Crippen molar-refractivity contribution in [1.82, 2.24) is 15.5 Å². The molecule has 0 spiro atoms. The van der Waals surface area contributed by atoms with Crippen molar-refractivity contribution in [2.75, 3.05) is 17.7 Å². The van der Waals surface area contributed by atoms with E-state index in [4.69, 9.17) is 10.00 Å². The molecule has 10 heteroatoms. The first-order valence-electron chi connectivity index (χ1n) is 10.3. The molecule has 0 fully saturated rings. The zero-order chi connectivity index (χ0) is 23.8. The van der Waals surface area contributed by atoms with E-state index in [1.165, 1.54) is 11.3 Å². The van der Waals surface area contributed by atoms with Gasteiger partial charge in [0.2, 0.25) is 11.0 Å². The molecule has 0 bridgehead atoms. The summed E-state index contributed by atoms with van der Waals surface area (Å²) in [6, 6.07) is 14.6. The average molecular weight is 465 g/mol. The number of carbonyl (C=O) groups is 2. The molecule has 0 saturated heterocycles. The average Bonchev–Trinajstić information content (AvgIpc) is 3.30. The predicted molar refractivity (Wildman–Crippen MR) is 127 cm³/mol. The van der Waals surface area contributed by atoms with Crippen LogP contribution < -0.4 is 20.7 Å². The van der Waals surface area contributed by atoms with Gasteiger partial charge in [0.1, 0.15) is 16.8 Å². The van der Waals surface area contributed by atoms with Crippen LogP contribution in [0, 0.1) is 17.2 Å². The number of nitrogens with one attached hydrogen (secondary N) is 3. The van der Waals surface area contributed by atoms with Crippen LogP contribution in [0.15, 0.2) is 48.5 Å². The number of methoxy groups -OCH3 is 1. The molecule has 0 unspecified atom stereocenters. The van der Waals surface area contributed by atoms with Crippen molar-refractivity contribution in [2.24, 2.45) is 5.92 Å². The fraction of sp³-hybridized carbons (Fsp3) is 0.261. The quantitative estimate of drug-likeness (QED) is 0.457. The van der Waals surface area contributed by atoms with E-state index in [9.17, 15) is 9.59 Å². The predicted octanol–water partition coefficient (Wildman–Crippen LogP) is 4.26. The molecule has 3 amide bonds. The fourth-order valence-corrected chi connectivity index (χ4v) is 3.74. The monoisotopic (exact) mass is 464 g/mol. The van der Waals surface area contributed by atoms with Crippen LogP contribution in [0.1, 0.15) is 25.8 Å². The van der Waals surface area contributed by atoms with Crippen molar-refractivity contribution in [1.29, 1.82) is 5.26 Å². The lowest BCUT2D eigenvalue weighted by atomic mass is 9.98. The molecule has 0 aliphatic heterocycles. The largest absolute Gasteiger partial charge is 0.497 e. The molecule has 9 nitrogen and oxygen atoms in total. The van der Waals surface area contributed by atoms with Gasteiger partial charge >= 0.3 is 6.03 Å². The van der Waals surface area contributed by atoms with E-state index >= 15 is 0 Å². The van der Waals surface area contributed by atoms with E-state index in [0.717, 1.165) is 11.3 Å². The summed E-state index contributed by atoms with van der Waals surface area (Å²) in [5.74, 6) is 0.217. The SMILES string of the molecule is CC[C@H](C)[C@@H](NC(=O)Nc1cccc(C#N)c1)C(=O)Nc1nnc(-c2ccc(OC)cc2)s1. The van der Waals surface area contributed by atoms with E-state index < -0.39 is 12.1 Å². The van der Waals surface area contributed by atoms with Crippen molar-refractivity contribution in [3.63, 3.8) is 0 Å². The smallest absolute Gasteiger partial charge is 0.319 e. The molecule has 3 N–H and O–H groups in total. The molecule has 170 valence electrons. The highest BCUT2D eigenvalue weighted by atomic mass is 32.1. The molecule has 3 aromatic rings. The van der Waals surface area contributed by atoms with Gasteiger partial charge in [-0.15, -0.1) is 10.2 Å². The highest BCUT2D eigenvalue weighted by Gasteiger charge is 2.27. The first-order valence-corrected chi connectivity index (χ1v) is 11.1. The Morgan fingerprint density at radius 2 is 1.91 bits per heavy atom. The summed E-state index contributed by atoms with van der Waals surface area (Å²) in [5, 5.41) is 26.3. The van der Waals surface area contributed by atoms with Gasteiger partial charge in [-0.2, -0.15) is 5.26 Å². The lowest BCUT2D eigenvalue weighted by molar-refractivity contribution is -0.119. The molecule has 3 rings (SSSR count). The fourth-order valence-electron chi connectivity index (χ4n) is 2.98. The zero-order valence-corrected chi connectivity index (χ0v) is 19.3. The number of carbonyl (C=O) groups excluding carboxylic acids is 2. The van der Waals surface area contributed by atoms with Crippen molar-refractivity contribution in [2.45, 2.75) is 26.3 Å². The number of urea groups is 1. The Balaban J connectivity index is 1.67. The minimum absolute atomic E-state index is 0.129. The number of benzene rings is 2. The number of hydrogen-bond acceptors (Lipinski definition) is 7. The molecule has 2 aromatic carbocycles. The lowest BCUT2D eigenvalue weighted by Gasteiger charge is -2.23. The minimum atomic E-state index is -0.789. The molecule has 0 aliphatic carbocycles. The second-order valence-corrected chi connectivity index (χ2v) is 8.26. The number of ether oxygens (including phenoxy) is 1. The Hall–Kier alpha value is -3.97. The van der Waals surface area contributed by atoms with Gasteiger partial charge in [-0.3, -0.25) is 10.1 Å². The zero-order valence-electron chi connectivity index (χ0n) is 18.5. The molecular formula is C23H24N6O3S. The Morgan fingerprint density at radius 1 is 1.15 bits per heavy atom. The van der Waals surface area contributed by atoms with Crippen LogP contribution in [0.2, 0.25) is 0 Å². The molecule has 0 aliphatic rings. The second-order valence-electron chi connectivity index (χ2n) is 7.28. The molecular weight excluding hydrogens is 440 g/mol. The van der Waals surface area contributed by atoms with E-state index in [-0.39, 0.29) is 11.8 Å². The maximum Gasteiger partial charge on any atom is 0.319 e. The first kappa shape index (κ1) is 23.7. The summed E-state index contributed by atoms with van der Waals surface area (Å²) in [7, 11) is 1.60. The Labute approximate surface area is 195 Å². The summed E-state index contributed by atoms with van der Waals surface area (Å²) in [6.45, 7) is 3.82. The number of nitriles is 1. The molecule has 0 radical (unpaired) electrons. The minimum Gasteiger partial charge on any atom is -0.497 e. The first-order chi connectivity index (χ1) is 15.9. The number of aromatic nitrogens is 2. The summed E-state index contributed by atoms with van der Waals surface area (Å²) in [6.07, 6.45) is 0.676. The molecule has 1 aromatic heterocycles. The maximum atomic E-state index is 13.0. The lowest BCUT2D eigenvalue weighted by Crippen LogP contribution is -2.49. The van der Waals surface area contributed by atoms with Crippen molar-refractivity contribution >= 4 is 34.1 Å². The highest BCUT2D eigenvalue weighted by molar-refractivity contribution is 7.18. The maximum absolute atomic E-state index is 13.0. The second kappa shape index (κ2) is 11.1. The third kappa shape index (κ3) is 6.27. The molecule has 33 heavy (non-hydrogen) atoms. The van der Waals surface area contributed by atoms with E-state index in [1.807, 2.05) is 44.2 Å². The van der Waals surface area contributed by atoms with E-state index in [1.54, 1.807) is 31.4 Å². The van der Waals surface area contributed by atoms with Gasteiger partial charge in [-0.25, -0.2) is 4.79 Å². The summed E-state index contributed by atoms with van der Waals surface area (Å²) in [5.41, 5.74) is 1.74. The van der Waals surface area contributed by atoms with Crippen LogP contribution in [0.3, 0.4) is 0 Å². The molecule has 0 saturated carbocycles. The topological polar surface area (TPSA) is 129 Å². The van der Waals surface area contributed by atoms with Crippen LogP contribution in [0.25, 0.3) is 10.6 Å². The van der Waals surface area contributed by atoms with Crippen molar-refractivity contribution in [3.05, 3.63) is 54.1 Å². The third-order valence-electron chi connectivity index (χ3n) is 5.02. The number of rotatable bonds is 8. The Morgan fingerprint density at radius 3 is 2.58 bits per heavy atom.